The Morgan fingerprint density at radius 2 is 1.89 bits per heavy atom. The minimum atomic E-state index is 0.787. The summed E-state index contributed by atoms with van der Waals surface area (Å²) in [6.07, 6.45) is 0. The van der Waals surface area contributed by atoms with Crippen molar-refractivity contribution < 1.29 is 0 Å². The first-order valence-electron chi connectivity index (χ1n) is 6.12. The summed E-state index contributed by atoms with van der Waals surface area (Å²) >= 11 is 0. The van der Waals surface area contributed by atoms with Gasteiger partial charge in [-0.2, -0.15) is 0 Å². The van der Waals surface area contributed by atoms with Crippen molar-refractivity contribution in [2.24, 2.45) is 0 Å². The lowest BCUT2D eigenvalue weighted by molar-refractivity contribution is 0.790. The van der Waals surface area contributed by atoms with E-state index in [1.807, 2.05) is 32.3 Å². The molecule has 0 saturated heterocycles. The van der Waals surface area contributed by atoms with Crippen LogP contribution in [0.4, 0.5) is 11.5 Å². The molecule has 0 unspecified atom stereocenters. The molecule has 1 heterocycles. The standard InChI is InChI=1S/C15H19N3/c1-12-7-4-5-9-14(12)18(3)15-10-6-8-13(17-15)11-16-2/h4-10,16H,11H2,1-3H3. The van der Waals surface area contributed by atoms with Crippen LogP contribution < -0.4 is 10.2 Å². The summed E-state index contributed by atoms with van der Waals surface area (Å²) in [4.78, 5) is 6.76. The first-order chi connectivity index (χ1) is 8.72. The van der Waals surface area contributed by atoms with E-state index >= 15 is 0 Å². The first kappa shape index (κ1) is 12.6. The molecule has 18 heavy (non-hydrogen) atoms. The molecule has 0 radical (unpaired) electrons. The lowest BCUT2D eigenvalue weighted by atomic mass is 10.2. The average Bonchev–Trinajstić information content (AvgIpc) is 2.39. The van der Waals surface area contributed by atoms with Crippen LogP contribution in [0.3, 0.4) is 0 Å². The van der Waals surface area contributed by atoms with Gasteiger partial charge in [0.15, 0.2) is 0 Å². The molecule has 0 saturated carbocycles. The van der Waals surface area contributed by atoms with Gasteiger partial charge in [0, 0.05) is 19.3 Å². The van der Waals surface area contributed by atoms with Gasteiger partial charge in [-0.05, 0) is 37.7 Å². The number of aryl methyl sites for hydroxylation is 1. The number of hydrogen-bond acceptors (Lipinski definition) is 3. The molecule has 0 spiro atoms. The third kappa shape index (κ3) is 2.68. The van der Waals surface area contributed by atoms with Gasteiger partial charge in [-0.1, -0.05) is 24.3 Å². The summed E-state index contributed by atoms with van der Waals surface area (Å²) in [5.74, 6) is 0.969. The molecule has 1 aromatic heterocycles. The highest BCUT2D eigenvalue weighted by atomic mass is 15.2. The van der Waals surface area contributed by atoms with Gasteiger partial charge in [-0.25, -0.2) is 4.98 Å². The Hall–Kier alpha value is -1.87. The van der Waals surface area contributed by atoms with Crippen molar-refractivity contribution in [3.05, 3.63) is 53.7 Å². The third-order valence-electron chi connectivity index (χ3n) is 2.97. The van der Waals surface area contributed by atoms with Gasteiger partial charge in [0.1, 0.15) is 5.82 Å². The number of rotatable bonds is 4. The second-order valence-electron chi connectivity index (χ2n) is 4.36. The summed E-state index contributed by atoms with van der Waals surface area (Å²) in [5.41, 5.74) is 3.49. The van der Waals surface area contributed by atoms with E-state index < -0.39 is 0 Å². The molecule has 2 aromatic rings. The van der Waals surface area contributed by atoms with Gasteiger partial charge in [-0.3, -0.25) is 0 Å². The fraction of sp³-hybridized carbons (Fsp3) is 0.267. The second kappa shape index (κ2) is 5.65. The van der Waals surface area contributed by atoms with E-state index in [1.165, 1.54) is 11.3 Å². The maximum absolute atomic E-state index is 4.64. The molecular formula is C15H19N3. The number of nitrogens with one attached hydrogen (secondary N) is 1. The molecule has 2 rings (SSSR count). The summed E-state index contributed by atoms with van der Waals surface area (Å²) in [7, 11) is 3.98. The van der Waals surface area contributed by atoms with Gasteiger partial charge in [0.25, 0.3) is 0 Å². The van der Waals surface area contributed by atoms with Crippen LogP contribution in [0.1, 0.15) is 11.3 Å². The normalized spacial score (nSPS) is 10.4. The molecule has 0 aliphatic carbocycles. The van der Waals surface area contributed by atoms with Gasteiger partial charge >= 0.3 is 0 Å². The molecular weight excluding hydrogens is 222 g/mol. The van der Waals surface area contributed by atoms with Crippen molar-refractivity contribution in [3.8, 4) is 0 Å². The molecule has 3 nitrogen and oxygen atoms in total. The number of anilines is 2. The molecule has 0 fully saturated rings. The van der Waals surface area contributed by atoms with Gasteiger partial charge in [-0.15, -0.1) is 0 Å². The zero-order chi connectivity index (χ0) is 13.0. The topological polar surface area (TPSA) is 28.2 Å². The summed E-state index contributed by atoms with van der Waals surface area (Å²) in [6, 6.07) is 14.4. The fourth-order valence-electron chi connectivity index (χ4n) is 2.00. The lowest BCUT2D eigenvalue weighted by Gasteiger charge is -2.21. The number of aromatic nitrogens is 1. The number of benzene rings is 1. The molecule has 94 valence electrons. The fourth-order valence-corrected chi connectivity index (χ4v) is 2.00. The Bertz CT molecular complexity index is 523. The van der Waals surface area contributed by atoms with Gasteiger partial charge in [0.2, 0.25) is 0 Å². The number of pyridine rings is 1. The highest BCUT2D eigenvalue weighted by Crippen LogP contribution is 2.24. The van der Waals surface area contributed by atoms with Crippen molar-refractivity contribution >= 4 is 11.5 Å². The van der Waals surface area contributed by atoms with Crippen LogP contribution in [-0.2, 0) is 6.54 Å². The van der Waals surface area contributed by atoms with E-state index in [0.29, 0.717) is 0 Å². The van der Waals surface area contributed by atoms with E-state index in [4.69, 9.17) is 0 Å². The van der Waals surface area contributed by atoms with Crippen LogP contribution >= 0.6 is 0 Å². The Morgan fingerprint density at radius 3 is 2.61 bits per heavy atom. The van der Waals surface area contributed by atoms with Crippen molar-refractivity contribution in [1.29, 1.82) is 0 Å². The molecule has 1 N–H and O–H groups in total. The van der Waals surface area contributed by atoms with Crippen molar-refractivity contribution in [1.82, 2.24) is 10.3 Å². The number of para-hydroxylation sites is 1. The molecule has 0 aliphatic rings. The van der Waals surface area contributed by atoms with E-state index in [2.05, 4.69) is 46.4 Å². The summed E-state index contributed by atoms with van der Waals surface area (Å²) in [6.45, 7) is 2.90. The Morgan fingerprint density at radius 1 is 1.11 bits per heavy atom. The van der Waals surface area contributed by atoms with Crippen LogP contribution in [0, 0.1) is 6.92 Å². The van der Waals surface area contributed by atoms with Gasteiger partial charge < -0.3 is 10.2 Å². The maximum atomic E-state index is 4.64. The predicted octanol–water partition coefficient (Wildman–Crippen LogP) is 2.88. The zero-order valence-electron chi connectivity index (χ0n) is 11.1. The minimum absolute atomic E-state index is 0.787. The highest BCUT2D eigenvalue weighted by Gasteiger charge is 2.07. The van der Waals surface area contributed by atoms with Crippen LogP contribution in [0.25, 0.3) is 0 Å². The Kier molecular flexibility index (Phi) is 3.95. The van der Waals surface area contributed by atoms with E-state index in [9.17, 15) is 0 Å². The smallest absolute Gasteiger partial charge is 0.133 e. The van der Waals surface area contributed by atoms with Crippen LogP contribution in [0.2, 0.25) is 0 Å². The minimum Gasteiger partial charge on any atom is -0.329 e. The number of hydrogen-bond donors (Lipinski definition) is 1. The lowest BCUT2D eigenvalue weighted by Crippen LogP contribution is -2.14. The molecule has 0 atom stereocenters. The first-order valence-corrected chi connectivity index (χ1v) is 6.12. The second-order valence-corrected chi connectivity index (χ2v) is 4.36. The number of nitrogens with zero attached hydrogens (tertiary/aromatic N) is 2. The van der Waals surface area contributed by atoms with Crippen molar-refractivity contribution in [3.63, 3.8) is 0 Å². The van der Waals surface area contributed by atoms with Crippen molar-refractivity contribution in [2.75, 3.05) is 19.0 Å². The maximum Gasteiger partial charge on any atom is 0.133 e. The molecule has 3 heteroatoms. The summed E-state index contributed by atoms with van der Waals surface area (Å²) < 4.78 is 0. The monoisotopic (exact) mass is 241 g/mol. The van der Waals surface area contributed by atoms with Crippen LogP contribution in [0.15, 0.2) is 42.5 Å². The van der Waals surface area contributed by atoms with Crippen LogP contribution in [-0.4, -0.2) is 19.1 Å². The SMILES string of the molecule is CNCc1cccc(N(C)c2ccccc2C)n1. The van der Waals surface area contributed by atoms with E-state index in [0.717, 1.165) is 18.1 Å². The molecule has 0 amide bonds. The zero-order valence-corrected chi connectivity index (χ0v) is 11.1. The van der Waals surface area contributed by atoms with Gasteiger partial charge in [0.05, 0.1) is 5.69 Å². The Balaban J connectivity index is 2.31. The van der Waals surface area contributed by atoms with E-state index in [1.54, 1.807) is 0 Å². The molecule has 1 aromatic carbocycles. The summed E-state index contributed by atoms with van der Waals surface area (Å²) in [5, 5.41) is 3.12. The molecule has 0 aliphatic heterocycles. The Labute approximate surface area is 108 Å². The largest absolute Gasteiger partial charge is 0.329 e. The van der Waals surface area contributed by atoms with Crippen LogP contribution in [0.5, 0.6) is 0 Å². The average molecular weight is 241 g/mol. The van der Waals surface area contributed by atoms with Crippen molar-refractivity contribution in [2.45, 2.75) is 13.5 Å². The quantitative estimate of drug-likeness (QED) is 0.892. The highest BCUT2D eigenvalue weighted by molar-refractivity contribution is 5.62. The predicted molar refractivity (Wildman–Crippen MR) is 76.2 cm³/mol. The third-order valence-corrected chi connectivity index (χ3v) is 2.97. The van der Waals surface area contributed by atoms with E-state index in [-0.39, 0.29) is 0 Å². The molecule has 0 bridgehead atoms.